The van der Waals surface area contributed by atoms with E-state index in [4.69, 9.17) is 0 Å². The van der Waals surface area contributed by atoms with Gasteiger partial charge >= 0.3 is 0 Å². The molecule has 1 nitrogen and oxygen atoms in total. The van der Waals surface area contributed by atoms with E-state index in [9.17, 15) is 4.79 Å². The molecule has 0 aromatic carbocycles. The zero-order chi connectivity index (χ0) is 14.3. The number of ketones is 1. The van der Waals surface area contributed by atoms with E-state index in [0.29, 0.717) is 5.78 Å². The summed E-state index contributed by atoms with van der Waals surface area (Å²) in [5, 5.41) is 0. The maximum absolute atomic E-state index is 11.6. The van der Waals surface area contributed by atoms with E-state index in [-0.39, 0.29) is 0 Å². The fourth-order valence-electron chi connectivity index (χ4n) is 2.98. The number of allylic oxidation sites excluding steroid dienone is 2. The fourth-order valence-corrected chi connectivity index (χ4v) is 2.98. The van der Waals surface area contributed by atoms with Crippen molar-refractivity contribution in [3.05, 3.63) is 12.2 Å². The SMILES string of the molecule is O=C1/C=C/CCCCCCCCCCCCCCCC1. The molecule has 1 aliphatic rings. The van der Waals surface area contributed by atoms with Crippen LogP contribution in [-0.2, 0) is 4.79 Å². The summed E-state index contributed by atoms with van der Waals surface area (Å²) in [6.45, 7) is 0. The molecule has 0 aliphatic heterocycles. The Kier molecular flexibility index (Phi) is 11.7. The van der Waals surface area contributed by atoms with Gasteiger partial charge in [0, 0.05) is 6.42 Å². The summed E-state index contributed by atoms with van der Waals surface area (Å²) >= 11 is 0. The van der Waals surface area contributed by atoms with E-state index in [1.165, 1.54) is 83.5 Å². The molecule has 1 aliphatic carbocycles. The highest BCUT2D eigenvalue weighted by molar-refractivity contribution is 5.89. The average Bonchev–Trinajstić information content (AvgIpc) is 2.45. The largest absolute Gasteiger partial charge is 0.295 e. The van der Waals surface area contributed by atoms with Gasteiger partial charge in [0.2, 0.25) is 0 Å². The lowest BCUT2D eigenvalue weighted by Crippen LogP contribution is -1.92. The molecule has 0 aromatic heterocycles. The Labute approximate surface area is 126 Å². The first-order valence-electron chi connectivity index (χ1n) is 9.09. The highest BCUT2D eigenvalue weighted by Crippen LogP contribution is 2.14. The monoisotopic (exact) mass is 278 g/mol. The minimum Gasteiger partial charge on any atom is -0.295 e. The molecule has 20 heavy (non-hydrogen) atoms. The zero-order valence-electron chi connectivity index (χ0n) is 13.4. The Morgan fingerprint density at radius 1 is 0.550 bits per heavy atom. The molecule has 0 spiro atoms. The van der Waals surface area contributed by atoms with Gasteiger partial charge in [-0.15, -0.1) is 0 Å². The van der Waals surface area contributed by atoms with Crippen molar-refractivity contribution in [1.29, 1.82) is 0 Å². The highest BCUT2D eigenvalue weighted by atomic mass is 16.1. The number of rotatable bonds is 0. The maximum Gasteiger partial charge on any atom is 0.155 e. The maximum atomic E-state index is 11.6. The van der Waals surface area contributed by atoms with Crippen LogP contribution in [0.3, 0.4) is 0 Å². The molecular weight excluding hydrogens is 244 g/mol. The molecule has 0 atom stereocenters. The number of carbonyl (C=O) groups excluding carboxylic acids is 1. The lowest BCUT2D eigenvalue weighted by atomic mass is 10.0. The molecule has 1 rings (SSSR count). The summed E-state index contributed by atoms with van der Waals surface area (Å²) in [5.41, 5.74) is 0. The lowest BCUT2D eigenvalue weighted by molar-refractivity contribution is -0.114. The molecule has 0 fully saturated rings. The quantitative estimate of drug-likeness (QED) is 0.503. The minimum atomic E-state index is 0.336. The average molecular weight is 278 g/mol. The predicted molar refractivity (Wildman–Crippen MR) is 88.0 cm³/mol. The first-order valence-corrected chi connectivity index (χ1v) is 9.09. The Balaban J connectivity index is 2.16. The second-order valence-corrected chi connectivity index (χ2v) is 6.36. The van der Waals surface area contributed by atoms with Crippen LogP contribution in [-0.4, -0.2) is 5.78 Å². The van der Waals surface area contributed by atoms with E-state index >= 15 is 0 Å². The van der Waals surface area contributed by atoms with Gasteiger partial charge in [-0.25, -0.2) is 0 Å². The van der Waals surface area contributed by atoms with Gasteiger partial charge in [0.25, 0.3) is 0 Å². The third-order valence-corrected chi connectivity index (χ3v) is 4.35. The predicted octanol–water partition coefficient (Wildman–Crippen LogP) is 6.37. The summed E-state index contributed by atoms with van der Waals surface area (Å²) in [5.74, 6) is 0.336. The number of carbonyl (C=O) groups is 1. The van der Waals surface area contributed by atoms with Crippen LogP contribution in [0.2, 0.25) is 0 Å². The van der Waals surface area contributed by atoms with Gasteiger partial charge < -0.3 is 0 Å². The van der Waals surface area contributed by atoms with Crippen LogP contribution in [0.1, 0.15) is 103 Å². The van der Waals surface area contributed by atoms with E-state index in [1.807, 2.05) is 6.08 Å². The van der Waals surface area contributed by atoms with Crippen LogP contribution >= 0.6 is 0 Å². The normalized spacial score (nSPS) is 24.3. The van der Waals surface area contributed by atoms with E-state index in [1.54, 1.807) is 0 Å². The van der Waals surface area contributed by atoms with E-state index in [2.05, 4.69) is 6.08 Å². The Hall–Kier alpha value is -0.590. The highest BCUT2D eigenvalue weighted by Gasteiger charge is 1.98. The third kappa shape index (κ3) is 11.3. The van der Waals surface area contributed by atoms with Gasteiger partial charge in [0.1, 0.15) is 0 Å². The summed E-state index contributed by atoms with van der Waals surface area (Å²) in [7, 11) is 0. The van der Waals surface area contributed by atoms with Gasteiger partial charge in [-0.05, 0) is 25.3 Å². The molecule has 0 saturated heterocycles. The van der Waals surface area contributed by atoms with Crippen molar-refractivity contribution in [1.82, 2.24) is 0 Å². The van der Waals surface area contributed by atoms with E-state index < -0.39 is 0 Å². The molecule has 0 heterocycles. The molecule has 0 amide bonds. The smallest absolute Gasteiger partial charge is 0.155 e. The van der Waals surface area contributed by atoms with Crippen LogP contribution in [0.15, 0.2) is 12.2 Å². The number of hydrogen-bond donors (Lipinski definition) is 0. The zero-order valence-corrected chi connectivity index (χ0v) is 13.4. The van der Waals surface area contributed by atoms with Crippen LogP contribution in [0.5, 0.6) is 0 Å². The molecule has 116 valence electrons. The third-order valence-electron chi connectivity index (χ3n) is 4.35. The summed E-state index contributed by atoms with van der Waals surface area (Å²) in [4.78, 5) is 11.6. The molecule has 0 unspecified atom stereocenters. The molecular formula is C19H34O. The topological polar surface area (TPSA) is 17.1 Å². The molecule has 0 aromatic rings. The van der Waals surface area contributed by atoms with Crippen LogP contribution < -0.4 is 0 Å². The fraction of sp³-hybridized carbons (Fsp3) is 0.842. The van der Waals surface area contributed by atoms with Crippen molar-refractivity contribution in [2.75, 3.05) is 0 Å². The first kappa shape index (κ1) is 17.5. The molecule has 1 heteroatoms. The van der Waals surface area contributed by atoms with Crippen molar-refractivity contribution in [2.24, 2.45) is 0 Å². The second-order valence-electron chi connectivity index (χ2n) is 6.36. The second kappa shape index (κ2) is 13.4. The van der Waals surface area contributed by atoms with Crippen molar-refractivity contribution in [3.63, 3.8) is 0 Å². The standard InChI is InChI=1S/C19H34O/c20-19-17-15-13-11-9-7-5-3-1-2-4-6-8-10-12-14-16-18-19/h15,17H,1-14,16,18H2/b17-15+. The first-order chi connectivity index (χ1) is 9.89. The summed E-state index contributed by atoms with van der Waals surface area (Å²) < 4.78 is 0. The van der Waals surface area contributed by atoms with E-state index in [0.717, 1.165) is 19.3 Å². The van der Waals surface area contributed by atoms with Crippen molar-refractivity contribution < 1.29 is 4.79 Å². The summed E-state index contributed by atoms with van der Waals surface area (Å²) in [6.07, 6.45) is 24.7. The van der Waals surface area contributed by atoms with Gasteiger partial charge in [-0.2, -0.15) is 0 Å². The van der Waals surface area contributed by atoms with Crippen molar-refractivity contribution in [2.45, 2.75) is 103 Å². The Morgan fingerprint density at radius 3 is 1.45 bits per heavy atom. The van der Waals surface area contributed by atoms with Crippen LogP contribution in [0.4, 0.5) is 0 Å². The van der Waals surface area contributed by atoms with Crippen LogP contribution in [0, 0.1) is 0 Å². The van der Waals surface area contributed by atoms with Gasteiger partial charge in [-0.3, -0.25) is 4.79 Å². The van der Waals surface area contributed by atoms with Crippen molar-refractivity contribution >= 4 is 5.78 Å². The van der Waals surface area contributed by atoms with Crippen LogP contribution in [0.25, 0.3) is 0 Å². The Morgan fingerprint density at radius 2 is 0.950 bits per heavy atom. The lowest BCUT2D eigenvalue weighted by Gasteiger charge is -2.02. The molecule has 0 radical (unpaired) electrons. The van der Waals surface area contributed by atoms with Gasteiger partial charge in [0.15, 0.2) is 5.78 Å². The summed E-state index contributed by atoms with van der Waals surface area (Å²) in [6, 6.07) is 0. The molecule has 0 bridgehead atoms. The molecule has 0 saturated carbocycles. The van der Waals surface area contributed by atoms with Gasteiger partial charge in [0.05, 0.1) is 0 Å². The Bertz CT molecular complexity index is 254. The molecule has 0 N–H and O–H groups in total. The van der Waals surface area contributed by atoms with Crippen molar-refractivity contribution in [3.8, 4) is 0 Å². The minimum absolute atomic E-state index is 0.336. The number of hydrogen-bond acceptors (Lipinski definition) is 1. The van der Waals surface area contributed by atoms with Gasteiger partial charge in [-0.1, -0.05) is 83.1 Å².